The molecular formula is C11H14N2O7S. The quantitative estimate of drug-likeness (QED) is 0.345. The van der Waals surface area contributed by atoms with E-state index in [2.05, 4.69) is 0 Å². The van der Waals surface area contributed by atoms with E-state index in [9.17, 15) is 23.3 Å². The molecule has 0 spiro atoms. The third kappa shape index (κ3) is 4.21. The highest BCUT2D eigenvalue weighted by molar-refractivity contribution is 7.89. The lowest BCUT2D eigenvalue weighted by Gasteiger charge is -2.10. The Kier molecular flexibility index (Phi) is 5.35. The van der Waals surface area contributed by atoms with Gasteiger partial charge < -0.3 is 9.47 Å². The van der Waals surface area contributed by atoms with Gasteiger partial charge in [-0.25, -0.2) is 18.4 Å². The van der Waals surface area contributed by atoms with Crippen LogP contribution in [0.3, 0.4) is 0 Å². The van der Waals surface area contributed by atoms with Crippen molar-refractivity contribution >= 4 is 21.7 Å². The smallest absolute Gasteiger partial charge is 0.338 e. The number of carbonyl (C=O) groups excluding carboxylic acids is 1. The summed E-state index contributed by atoms with van der Waals surface area (Å²) in [5, 5.41) is 15.8. The van der Waals surface area contributed by atoms with Crippen molar-refractivity contribution < 1.29 is 27.6 Å². The second-order valence-electron chi connectivity index (χ2n) is 4.05. The maximum absolute atomic E-state index is 11.9. The predicted octanol–water partition coefficient (Wildman–Crippen LogP) is 0.354. The Morgan fingerprint density at radius 2 is 2.00 bits per heavy atom. The van der Waals surface area contributed by atoms with Crippen LogP contribution in [0.2, 0.25) is 0 Å². The Morgan fingerprint density at radius 1 is 1.38 bits per heavy atom. The lowest BCUT2D eigenvalue weighted by molar-refractivity contribution is -0.385. The van der Waals surface area contributed by atoms with Crippen molar-refractivity contribution in [2.75, 3.05) is 20.3 Å². The fourth-order valence-electron chi connectivity index (χ4n) is 1.58. The number of non-ortho nitro benzene ring substituents is 1. The number of primary sulfonamides is 1. The first-order chi connectivity index (χ1) is 9.68. The molecule has 0 saturated carbocycles. The van der Waals surface area contributed by atoms with Crippen LogP contribution in [0.4, 0.5) is 5.69 Å². The molecule has 0 aliphatic rings. The minimum Gasteiger partial charge on any atom is -0.460 e. The lowest BCUT2D eigenvalue weighted by atomic mass is 10.1. The minimum absolute atomic E-state index is 0.00878. The number of rotatable bonds is 6. The summed E-state index contributed by atoms with van der Waals surface area (Å²) < 4.78 is 32.4. The molecule has 10 heteroatoms. The van der Waals surface area contributed by atoms with Crippen LogP contribution >= 0.6 is 0 Å². The zero-order chi connectivity index (χ0) is 16.2. The van der Waals surface area contributed by atoms with Gasteiger partial charge in [-0.1, -0.05) is 0 Å². The third-order valence-corrected chi connectivity index (χ3v) is 3.64. The van der Waals surface area contributed by atoms with Crippen LogP contribution < -0.4 is 5.14 Å². The number of hydrogen-bond acceptors (Lipinski definition) is 7. The molecule has 0 bridgehead atoms. The molecule has 116 valence electrons. The van der Waals surface area contributed by atoms with Gasteiger partial charge in [-0.15, -0.1) is 0 Å². The maximum atomic E-state index is 11.9. The van der Waals surface area contributed by atoms with Gasteiger partial charge in [0, 0.05) is 19.2 Å². The first-order valence-corrected chi connectivity index (χ1v) is 7.21. The van der Waals surface area contributed by atoms with E-state index in [1.165, 1.54) is 14.0 Å². The van der Waals surface area contributed by atoms with Crippen LogP contribution in [0, 0.1) is 17.0 Å². The number of carbonyl (C=O) groups is 1. The number of methoxy groups -OCH3 is 1. The molecule has 9 nitrogen and oxygen atoms in total. The minimum atomic E-state index is -4.21. The molecule has 1 aromatic rings. The summed E-state index contributed by atoms with van der Waals surface area (Å²) in [4.78, 5) is 21.4. The van der Waals surface area contributed by atoms with Gasteiger partial charge in [-0.3, -0.25) is 10.1 Å². The molecular weight excluding hydrogens is 304 g/mol. The standard InChI is InChI=1S/C11H14N2O7S/c1-7-9(11(14)20-4-3-19-2)5-8(13(15)16)6-10(7)21(12,17)18/h5-6H,3-4H2,1-2H3,(H2,12,17,18). The fourth-order valence-corrected chi connectivity index (χ4v) is 2.40. The van der Waals surface area contributed by atoms with Gasteiger partial charge in [0.1, 0.15) is 6.61 Å². The van der Waals surface area contributed by atoms with E-state index in [0.29, 0.717) is 0 Å². The molecule has 0 saturated heterocycles. The molecule has 0 unspecified atom stereocenters. The van der Waals surface area contributed by atoms with Gasteiger partial charge in [-0.05, 0) is 12.5 Å². The molecule has 2 N–H and O–H groups in total. The zero-order valence-electron chi connectivity index (χ0n) is 11.4. The molecule has 21 heavy (non-hydrogen) atoms. The van der Waals surface area contributed by atoms with Crippen molar-refractivity contribution in [2.24, 2.45) is 5.14 Å². The third-order valence-electron chi connectivity index (χ3n) is 2.60. The molecule has 0 radical (unpaired) electrons. The van der Waals surface area contributed by atoms with Gasteiger partial charge in [-0.2, -0.15) is 0 Å². The normalized spacial score (nSPS) is 11.2. The van der Waals surface area contributed by atoms with Gasteiger partial charge in [0.25, 0.3) is 5.69 Å². The first-order valence-electron chi connectivity index (χ1n) is 5.66. The van der Waals surface area contributed by atoms with E-state index in [4.69, 9.17) is 14.6 Å². The van der Waals surface area contributed by atoms with Crippen molar-refractivity contribution in [3.63, 3.8) is 0 Å². The van der Waals surface area contributed by atoms with Crippen molar-refractivity contribution in [1.29, 1.82) is 0 Å². The van der Waals surface area contributed by atoms with Gasteiger partial charge in [0.2, 0.25) is 10.0 Å². The van der Waals surface area contributed by atoms with Crippen LogP contribution in [0.15, 0.2) is 17.0 Å². The van der Waals surface area contributed by atoms with Crippen LogP contribution in [0.25, 0.3) is 0 Å². The number of nitrogens with zero attached hydrogens (tertiary/aromatic N) is 1. The summed E-state index contributed by atoms with van der Waals surface area (Å²) >= 11 is 0. The first kappa shape index (κ1) is 17.0. The van der Waals surface area contributed by atoms with Crippen LogP contribution in [-0.4, -0.2) is 39.6 Å². The summed E-state index contributed by atoms with van der Waals surface area (Å²) in [6.45, 7) is 1.39. The summed E-state index contributed by atoms with van der Waals surface area (Å²) in [5.74, 6) is -0.891. The van der Waals surface area contributed by atoms with E-state index in [-0.39, 0.29) is 24.3 Å². The van der Waals surface area contributed by atoms with Crippen molar-refractivity contribution in [3.05, 3.63) is 33.4 Å². The van der Waals surface area contributed by atoms with Crippen LogP contribution in [0.5, 0.6) is 0 Å². The topological polar surface area (TPSA) is 139 Å². The lowest BCUT2D eigenvalue weighted by Crippen LogP contribution is -2.18. The van der Waals surface area contributed by atoms with E-state index in [1.54, 1.807) is 0 Å². The highest BCUT2D eigenvalue weighted by Gasteiger charge is 2.24. The predicted molar refractivity (Wildman–Crippen MR) is 71.4 cm³/mol. The second kappa shape index (κ2) is 6.61. The van der Waals surface area contributed by atoms with E-state index in [0.717, 1.165) is 12.1 Å². The van der Waals surface area contributed by atoms with Gasteiger partial charge in [0.05, 0.1) is 22.0 Å². The number of benzene rings is 1. The number of hydrogen-bond donors (Lipinski definition) is 1. The SMILES string of the molecule is COCCOC(=O)c1cc([N+](=O)[O-])cc(S(N)(=O)=O)c1C. The molecule has 1 aromatic carbocycles. The molecule has 1 rings (SSSR count). The summed E-state index contributed by atoms with van der Waals surface area (Å²) in [6, 6.07) is 1.75. The van der Waals surface area contributed by atoms with E-state index < -0.39 is 31.5 Å². The molecule has 0 fully saturated rings. The number of nitrogens with two attached hydrogens (primary N) is 1. The maximum Gasteiger partial charge on any atom is 0.338 e. The Labute approximate surface area is 120 Å². The molecule has 0 atom stereocenters. The van der Waals surface area contributed by atoms with Crippen LogP contribution in [-0.2, 0) is 19.5 Å². The van der Waals surface area contributed by atoms with Crippen LogP contribution in [0.1, 0.15) is 15.9 Å². The average molecular weight is 318 g/mol. The number of nitro groups is 1. The number of sulfonamides is 1. The van der Waals surface area contributed by atoms with Crippen molar-refractivity contribution in [3.8, 4) is 0 Å². The summed E-state index contributed by atoms with van der Waals surface area (Å²) in [5.41, 5.74) is -0.807. The van der Waals surface area contributed by atoms with E-state index in [1.807, 2.05) is 0 Å². The highest BCUT2D eigenvalue weighted by atomic mass is 32.2. The van der Waals surface area contributed by atoms with Gasteiger partial charge in [0.15, 0.2) is 0 Å². The Bertz CT molecular complexity index is 669. The Hall–Kier alpha value is -2.04. The monoisotopic (exact) mass is 318 g/mol. The fraction of sp³-hybridized carbons (Fsp3) is 0.364. The Balaban J connectivity index is 3.34. The molecule has 0 aliphatic carbocycles. The van der Waals surface area contributed by atoms with Crippen molar-refractivity contribution in [2.45, 2.75) is 11.8 Å². The summed E-state index contributed by atoms with van der Waals surface area (Å²) in [7, 11) is -2.80. The van der Waals surface area contributed by atoms with Gasteiger partial charge >= 0.3 is 5.97 Å². The number of esters is 1. The summed E-state index contributed by atoms with van der Waals surface area (Å²) in [6.07, 6.45) is 0. The van der Waals surface area contributed by atoms with Crippen molar-refractivity contribution in [1.82, 2.24) is 0 Å². The average Bonchev–Trinajstić information content (AvgIpc) is 2.37. The molecule has 0 aliphatic heterocycles. The molecule has 0 heterocycles. The zero-order valence-corrected chi connectivity index (χ0v) is 12.2. The highest BCUT2D eigenvalue weighted by Crippen LogP contribution is 2.25. The number of ether oxygens (including phenoxy) is 2. The number of nitro benzene ring substituents is 1. The molecule has 0 aromatic heterocycles. The van der Waals surface area contributed by atoms with E-state index >= 15 is 0 Å². The largest absolute Gasteiger partial charge is 0.460 e. The second-order valence-corrected chi connectivity index (χ2v) is 5.58. The molecule has 0 amide bonds. The Morgan fingerprint density at radius 3 is 2.48 bits per heavy atom.